The lowest BCUT2D eigenvalue weighted by atomic mass is 10.3. The van der Waals surface area contributed by atoms with E-state index in [-0.39, 0.29) is 0 Å². The Hall–Kier alpha value is 0.0700. The van der Waals surface area contributed by atoms with Crippen molar-refractivity contribution in [1.82, 2.24) is 0 Å². The molecule has 0 saturated carbocycles. The minimum absolute atomic E-state index is 1.47. The number of alkyl halides is 14. The summed E-state index contributed by atoms with van der Waals surface area (Å²) in [5, 5.41) is -12.2. The molecule has 0 rings (SSSR count). The third-order valence-electron chi connectivity index (χ3n) is 1.72. The first-order chi connectivity index (χ1) is 9.71. The van der Waals surface area contributed by atoms with Gasteiger partial charge in [-0.3, -0.25) is 0 Å². The molecule has 0 radical (unpaired) electrons. The lowest BCUT2D eigenvalue weighted by Crippen LogP contribution is -2.50. The van der Waals surface area contributed by atoms with Crippen LogP contribution in [-0.2, 0) is 0 Å². The van der Waals surface area contributed by atoms with Gasteiger partial charge >= 0.3 is 34.7 Å². The summed E-state index contributed by atoms with van der Waals surface area (Å²) in [6.45, 7) is 0. The lowest BCUT2D eigenvalue weighted by Gasteiger charge is -2.29. The van der Waals surface area contributed by atoms with E-state index in [2.05, 4.69) is 0 Å². The topological polar surface area (TPSA) is 0 Å². The van der Waals surface area contributed by atoms with Crippen molar-refractivity contribution in [1.29, 1.82) is 0 Å². The summed E-state index contributed by atoms with van der Waals surface area (Å²) >= 11 is 0. The summed E-state index contributed by atoms with van der Waals surface area (Å²) < 4.78 is 170. The maximum Gasteiger partial charge on any atom is 0.460 e. The van der Waals surface area contributed by atoms with Gasteiger partial charge in [0, 0.05) is 0 Å². The first-order valence-corrected chi connectivity index (χ1v) is 7.87. The van der Waals surface area contributed by atoms with Gasteiger partial charge in [-0.25, -0.2) is 0 Å². The van der Waals surface area contributed by atoms with Crippen molar-refractivity contribution in [3.05, 3.63) is 0 Å². The van der Waals surface area contributed by atoms with Crippen LogP contribution >= 0.6 is 31.4 Å². The molecule has 0 aromatic heterocycles. The molecule has 0 spiro atoms. The molecule has 17 heteroatoms. The number of rotatable bonds is 6. The minimum Gasteiger partial charge on any atom is -0.188 e. The number of hydrogen-bond donors (Lipinski definition) is 0. The third-order valence-corrected chi connectivity index (χ3v) is 5.68. The van der Waals surface area contributed by atoms with Crippen molar-refractivity contribution in [3.8, 4) is 0 Å². The van der Waals surface area contributed by atoms with Gasteiger partial charge in [0.05, 0.1) is 0 Å². The Labute approximate surface area is 128 Å². The second kappa shape index (κ2) is 6.42. The zero-order chi connectivity index (χ0) is 19.1. The Bertz CT molecular complexity index is 370. The highest BCUT2D eigenvalue weighted by Crippen LogP contribution is 2.62. The average molecular weight is 434 g/mol. The van der Waals surface area contributed by atoms with Crippen LogP contribution in [-0.4, -0.2) is 34.7 Å². The van der Waals surface area contributed by atoms with Crippen LogP contribution in [0.15, 0.2) is 0 Å². The molecule has 0 aliphatic carbocycles. The van der Waals surface area contributed by atoms with Crippen molar-refractivity contribution in [2.45, 2.75) is 34.7 Å². The fourth-order valence-corrected chi connectivity index (χ4v) is 4.27. The molecule has 0 unspecified atom stereocenters. The normalized spacial score (nSPS) is 15.9. The average Bonchev–Trinajstić information content (AvgIpc) is 2.24. The van der Waals surface area contributed by atoms with Gasteiger partial charge in [0.2, 0.25) is 0 Å². The van der Waals surface area contributed by atoms with Gasteiger partial charge in [0.15, 0.2) is 0 Å². The van der Waals surface area contributed by atoms with Gasteiger partial charge in [0.25, 0.3) is 0 Å². The van der Waals surface area contributed by atoms with Crippen molar-refractivity contribution in [2.24, 2.45) is 0 Å². The Morgan fingerprint density at radius 2 is 0.609 bits per heavy atom. The second-order valence-corrected chi connectivity index (χ2v) is 7.54. The van der Waals surface area contributed by atoms with Crippen LogP contribution in [0, 0.1) is 0 Å². The highest BCUT2D eigenvalue weighted by Gasteiger charge is 2.75. The monoisotopic (exact) mass is 434 g/mol. The van der Waals surface area contributed by atoms with E-state index >= 15 is 0 Å². The van der Waals surface area contributed by atoms with Crippen LogP contribution in [0.1, 0.15) is 0 Å². The molecule has 23 heavy (non-hydrogen) atoms. The minimum atomic E-state index is -6.81. The summed E-state index contributed by atoms with van der Waals surface area (Å²) in [4.78, 5) is 0. The highest BCUT2D eigenvalue weighted by atomic mass is 33.5. The van der Waals surface area contributed by atoms with Crippen LogP contribution in [0.4, 0.5) is 61.5 Å². The molecular weight excluding hydrogens is 434 g/mol. The maximum absolute atomic E-state index is 12.6. The van der Waals surface area contributed by atoms with Crippen molar-refractivity contribution in [2.75, 3.05) is 0 Å². The maximum atomic E-state index is 12.6. The second-order valence-electron chi connectivity index (χ2n) is 3.41. The van der Waals surface area contributed by atoms with Crippen molar-refractivity contribution >= 4 is 31.4 Å². The number of hydrogen-bond acceptors (Lipinski definition) is 3. The van der Waals surface area contributed by atoms with Gasteiger partial charge < -0.3 is 0 Å². The zero-order valence-electron chi connectivity index (χ0n) is 9.52. The summed E-state index contributed by atoms with van der Waals surface area (Å²) in [5.74, 6) is -13.5. The summed E-state index contributed by atoms with van der Waals surface area (Å²) in [7, 11) is -5.35. The van der Waals surface area contributed by atoms with Gasteiger partial charge in [-0.05, 0) is 31.4 Å². The molecule has 0 aromatic rings. The molecule has 0 amide bonds. The molecule has 0 aromatic carbocycles. The van der Waals surface area contributed by atoms with Gasteiger partial charge in [-0.2, -0.15) is 61.5 Å². The molecule has 0 N–H and O–H groups in total. The van der Waals surface area contributed by atoms with Crippen LogP contribution in [0.5, 0.6) is 0 Å². The molecule has 0 nitrogen and oxygen atoms in total. The van der Waals surface area contributed by atoms with E-state index in [0.717, 1.165) is 0 Å². The molecule has 0 bridgehead atoms. The molecule has 0 heterocycles. The van der Waals surface area contributed by atoms with Crippen LogP contribution in [0.2, 0.25) is 0 Å². The smallest absolute Gasteiger partial charge is 0.188 e. The van der Waals surface area contributed by atoms with E-state index in [1.165, 1.54) is 0 Å². The van der Waals surface area contributed by atoms with E-state index in [1.54, 1.807) is 0 Å². The first kappa shape index (κ1) is 23.1. The Kier molecular flexibility index (Phi) is 6.44. The fourth-order valence-electron chi connectivity index (χ4n) is 0.537. The highest BCUT2D eigenvalue weighted by molar-refractivity contribution is 9.09. The van der Waals surface area contributed by atoms with E-state index < -0.39 is 66.1 Å². The SMILES string of the molecule is FC(F)(F)C(F)(F)C(F)(F)SSSC(F)(F)C(F)(F)C(F)(F)F. The van der Waals surface area contributed by atoms with Gasteiger partial charge in [-0.1, -0.05) is 0 Å². The molecule has 0 saturated heterocycles. The molecule has 0 aliphatic rings. The Balaban J connectivity index is 5.03. The number of halogens is 14. The molecule has 0 fully saturated rings. The van der Waals surface area contributed by atoms with Crippen molar-refractivity contribution < 1.29 is 61.5 Å². The molecule has 0 aliphatic heterocycles. The van der Waals surface area contributed by atoms with E-state index in [9.17, 15) is 61.5 Å². The fraction of sp³-hybridized carbons (Fsp3) is 1.00. The largest absolute Gasteiger partial charge is 0.460 e. The third kappa shape index (κ3) is 4.58. The van der Waals surface area contributed by atoms with Crippen LogP contribution in [0.25, 0.3) is 0 Å². The van der Waals surface area contributed by atoms with E-state index in [0.29, 0.717) is 0 Å². The predicted molar refractivity (Wildman–Crippen MR) is 54.7 cm³/mol. The van der Waals surface area contributed by atoms with Gasteiger partial charge in [-0.15, -0.1) is 0 Å². The molecule has 140 valence electrons. The quantitative estimate of drug-likeness (QED) is 0.342. The Morgan fingerprint density at radius 3 is 0.783 bits per heavy atom. The summed E-state index contributed by atoms with van der Waals surface area (Å²) in [5.41, 5.74) is 0. The first-order valence-electron chi connectivity index (χ1n) is 4.39. The summed E-state index contributed by atoms with van der Waals surface area (Å²) in [6, 6.07) is 0. The zero-order valence-corrected chi connectivity index (χ0v) is 12.0. The molecular formula is C6F14S3. The standard InChI is InChI=1S/C6F14S3/c7-1(8,3(11,12)13)5(17,18)21-23-22-6(19,20)2(9,10)4(14,15)16. The Morgan fingerprint density at radius 1 is 0.391 bits per heavy atom. The molecule has 0 atom stereocenters. The predicted octanol–water partition coefficient (Wildman–Crippen LogP) is 6.60. The van der Waals surface area contributed by atoms with E-state index in [4.69, 9.17) is 0 Å². The summed E-state index contributed by atoms with van der Waals surface area (Å²) in [6.07, 6.45) is -13.6. The van der Waals surface area contributed by atoms with Crippen LogP contribution < -0.4 is 0 Å². The van der Waals surface area contributed by atoms with Crippen LogP contribution in [0.3, 0.4) is 0 Å². The van der Waals surface area contributed by atoms with Gasteiger partial charge in [0.1, 0.15) is 0 Å². The van der Waals surface area contributed by atoms with Crippen molar-refractivity contribution in [3.63, 3.8) is 0 Å². The van der Waals surface area contributed by atoms with E-state index in [1.807, 2.05) is 0 Å². The lowest BCUT2D eigenvalue weighted by molar-refractivity contribution is -0.329.